The van der Waals surface area contributed by atoms with Crippen molar-refractivity contribution in [2.45, 2.75) is 26.4 Å². The molecule has 0 fully saturated rings. The van der Waals surface area contributed by atoms with E-state index in [-0.39, 0.29) is 12.4 Å². The van der Waals surface area contributed by atoms with Crippen LogP contribution in [0.1, 0.15) is 24.5 Å². The van der Waals surface area contributed by atoms with Crippen LogP contribution in [0.2, 0.25) is 0 Å². The van der Waals surface area contributed by atoms with E-state index in [0.29, 0.717) is 6.61 Å². The first-order chi connectivity index (χ1) is 8.13. The van der Waals surface area contributed by atoms with Crippen LogP contribution in [-0.4, -0.2) is 23.8 Å². The zero-order valence-corrected chi connectivity index (χ0v) is 10.2. The number of carbonyl (C=O) groups is 1. The minimum atomic E-state index is -0.798. The zero-order chi connectivity index (χ0) is 12.7. The molecule has 1 unspecified atom stereocenters. The third kappa shape index (κ3) is 4.83. The van der Waals surface area contributed by atoms with Crippen LogP contribution in [0.4, 0.5) is 0 Å². The van der Waals surface area contributed by atoms with Gasteiger partial charge < -0.3 is 9.84 Å². The molecule has 0 saturated carbocycles. The third-order valence-electron chi connectivity index (χ3n) is 2.37. The highest BCUT2D eigenvalue weighted by Crippen LogP contribution is 2.10. The average molecular weight is 234 g/mol. The van der Waals surface area contributed by atoms with Gasteiger partial charge >= 0.3 is 5.97 Å². The minimum absolute atomic E-state index is 0.00375. The highest BCUT2D eigenvalue weighted by Gasteiger charge is 2.08. The maximum absolute atomic E-state index is 11.1. The molecule has 0 aromatic heterocycles. The van der Waals surface area contributed by atoms with E-state index in [1.54, 1.807) is 13.0 Å². The molecule has 0 saturated heterocycles. The third-order valence-corrected chi connectivity index (χ3v) is 2.37. The number of hydrogen-bond acceptors (Lipinski definition) is 3. The minimum Gasteiger partial charge on any atom is -0.466 e. The molecule has 3 nitrogen and oxygen atoms in total. The number of aliphatic hydroxyl groups is 1. The molecule has 0 heterocycles. The van der Waals surface area contributed by atoms with Gasteiger partial charge in [-0.25, -0.2) is 0 Å². The monoisotopic (exact) mass is 234 g/mol. The predicted molar refractivity (Wildman–Crippen MR) is 67.5 cm³/mol. The van der Waals surface area contributed by atoms with Crippen molar-refractivity contribution in [2.24, 2.45) is 0 Å². The molecule has 1 aromatic rings. The Morgan fingerprint density at radius 1 is 1.47 bits per heavy atom. The lowest BCUT2D eigenvalue weighted by molar-refractivity contribution is -0.144. The van der Waals surface area contributed by atoms with E-state index in [1.165, 1.54) is 0 Å². The summed E-state index contributed by atoms with van der Waals surface area (Å²) in [4.78, 5) is 11.1. The lowest BCUT2D eigenvalue weighted by Gasteiger charge is -2.05. The summed E-state index contributed by atoms with van der Waals surface area (Å²) in [6.45, 7) is 4.08. The van der Waals surface area contributed by atoms with Crippen LogP contribution in [0.15, 0.2) is 30.3 Å². The van der Waals surface area contributed by atoms with Crippen LogP contribution in [-0.2, 0) is 9.53 Å². The molecule has 1 atom stereocenters. The smallest absolute Gasteiger partial charge is 0.308 e. The van der Waals surface area contributed by atoms with Gasteiger partial charge in [0.05, 0.1) is 19.1 Å². The van der Waals surface area contributed by atoms with Gasteiger partial charge in [0.25, 0.3) is 0 Å². The quantitative estimate of drug-likeness (QED) is 0.795. The van der Waals surface area contributed by atoms with Crippen molar-refractivity contribution in [2.75, 3.05) is 6.61 Å². The highest BCUT2D eigenvalue weighted by atomic mass is 16.5. The fraction of sp³-hybridized carbons (Fsp3) is 0.357. The Hall–Kier alpha value is -1.61. The SMILES string of the molecule is CCOC(=O)CC(O)/C=C/c1ccccc1C. The topological polar surface area (TPSA) is 46.5 Å². The van der Waals surface area contributed by atoms with Gasteiger partial charge in [-0.3, -0.25) is 4.79 Å². The average Bonchev–Trinajstić information content (AvgIpc) is 2.28. The van der Waals surface area contributed by atoms with Crippen molar-refractivity contribution in [1.29, 1.82) is 0 Å². The van der Waals surface area contributed by atoms with Crippen molar-refractivity contribution in [3.8, 4) is 0 Å². The molecular weight excluding hydrogens is 216 g/mol. The van der Waals surface area contributed by atoms with Gasteiger partial charge in [0.1, 0.15) is 0 Å². The first-order valence-electron chi connectivity index (χ1n) is 5.71. The largest absolute Gasteiger partial charge is 0.466 e. The molecule has 0 radical (unpaired) electrons. The van der Waals surface area contributed by atoms with Crippen molar-refractivity contribution in [3.05, 3.63) is 41.5 Å². The second-order valence-electron chi connectivity index (χ2n) is 3.79. The summed E-state index contributed by atoms with van der Waals surface area (Å²) in [5.41, 5.74) is 2.17. The Morgan fingerprint density at radius 3 is 2.82 bits per heavy atom. The molecule has 3 heteroatoms. The molecular formula is C14H18O3. The number of aryl methyl sites for hydroxylation is 1. The maximum atomic E-state index is 11.1. The van der Waals surface area contributed by atoms with Gasteiger partial charge in [-0.1, -0.05) is 36.4 Å². The molecule has 0 aliphatic rings. The summed E-state index contributed by atoms with van der Waals surface area (Å²) in [6, 6.07) is 7.85. The van der Waals surface area contributed by atoms with E-state index in [1.807, 2.05) is 37.3 Å². The number of ether oxygens (including phenoxy) is 1. The number of esters is 1. The van der Waals surface area contributed by atoms with Crippen molar-refractivity contribution in [1.82, 2.24) is 0 Å². The number of carbonyl (C=O) groups excluding carboxylic acids is 1. The Kier molecular flexibility index (Phi) is 5.43. The van der Waals surface area contributed by atoms with Crippen LogP contribution in [0, 0.1) is 6.92 Å². The van der Waals surface area contributed by atoms with Gasteiger partial charge in [-0.2, -0.15) is 0 Å². The Bertz CT molecular complexity index is 396. The van der Waals surface area contributed by atoms with E-state index in [2.05, 4.69) is 0 Å². The molecule has 0 amide bonds. The molecule has 0 aliphatic heterocycles. The normalized spacial score (nSPS) is 12.6. The molecule has 0 aliphatic carbocycles. The second-order valence-corrected chi connectivity index (χ2v) is 3.79. The number of aliphatic hydroxyl groups excluding tert-OH is 1. The first kappa shape index (κ1) is 13.5. The van der Waals surface area contributed by atoms with Crippen molar-refractivity contribution >= 4 is 12.0 Å². The molecule has 0 bridgehead atoms. The Morgan fingerprint density at radius 2 is 2.18 bits per heavy atom. The van der Waals surface area contributed by atoms with Gasteiger partial charge in [0, 0.05) is 0 Å². The molecule has 1 aromatic carbocycles. The second kappa shape index (κ2) is 6.86. The van der Waals surface area contributed by atoms with E-state index < -0.39 is 6.10 Å². The Labute approximate surface area is 102 Å². The van der Waals surface area contributed by atoms with Gasteiger partial charge in [0.15, 0.2) is 0 Å². The predicted octanol–water partition coefficient (Wildman–Crippen LogP) is 2.32. The lowest BCUT2D eigenvalue weighted by atomic mass is 10.1. The summed E-state index contributed by atoms with van der Waals surface area (Å²) in [5.74, 6) is -0.380. The summed E-state index contributed by atoms with van der Waals surface area (Å²) in [7, 11) is 0. The zero-order valence-electron chi connectivity index (χ0n) is 10.2. The molecule has 1 rings (SSSR count). The lowest BCUT2D eigenvalue weighted by Crippen LogP contribution is -2.13. The maximum Gasteiger partial charge on any atom is 0.308 e. The van der Waals surface area contributed by atoms with Crippen LogP contribution >= 0.6 is 0 Å². The van der Waals surface area contributed by atoms with E-state index in [4.69, 9.17) is 4.74 Å². The summed E-state index contributed by atoms with van der Waals surface area (Å²) >= 11 is 0. The van der Waals surface area contributed by atoms with Gasteiger partial charge in [0.2, 0.25) is 0 Å². The van der Waals surface area contributed by atoms with Crippen LogP contribution < -0.4 is 0 Å². The van der Waals surface area contributed by atoms with E-state index >= 15 is 0 Å². The summed E-state index contributed by atoms with van der Waals surface area (Å²) < 4.78 is 4.76. The Balaban J connectivity index is 2.54. The fourth-order valence-corrected chi connectivity index (χ4v) is 1.45. The highest BCUT2D eigenvalue weighted by molar-refractivity contribution is 5.70. The van der Waals surface area contributed by atoms with Crippen LogP contribution in [0.25, 0.3) is 6.08 Å². The molecule has 1 N–H and O–H groups in total. The van der Waals surface area contributed by atoms with E-state index in [9.17, 15) is 9.90 Å². The standard InChI is InChI=1S/C14H18O3/c1-3-17-14(16)10-13(15)9-8-12-7-5-4-6-11(12)2/h4-9,13,15H,3,10H2,1-2H3/b9-8+. The summed E-state index contributed by atoms with van der Waals surface area (Å²) in [6.07, 6.45) is 2.63. The van der Waals surface area contributed by atoms with Crippen molar-refractivity contribution < 1.29 is 14.6 Å². The van der Waals surface area contributed by atoms with E-state index in [0.717, 1.165) is 11.1 Å². The molecule has 0 spiro atoms. The fourth-order valence-electron chi connectivity index (χ4n) is 1.45. The number of benzene rings is 1. The molecule has 17 heavy (non-hydrogen) atoms. The van der Waals surface area contributed by atoms with Crippen LogP contribution in [0.5, 0.6) is 0 Å². The molecule has 92 valence electrons. The first-order valence-corrected chi connectivity index (χ1v) is 5.71. The number of rotatable bonds is 5. The van der Waals surface area contributed by atoms with Crippen molar-refractivity contribution in [3.63, 3.8) is 0 Å². The van der Waals surface area contributed by atoms with Crippen LogP contribution in [0.3, 0.4) is 0 Å². The summed E-state index contributed by atoms with van der Waals surface area (Å²) in [5, 5.41) is 9.61. The number of hydrogen-bond donors (Lipinski definition) is 1. The van der Waals surface area contributed by atoms with Gasteiger partial charge in [-0.15, -0.1) is 0 Å². The van der Waals surface area contributed by atoms with Gasteiger partial charge in [-0.05, 0) is 25.0 Å².